The minimum atomic E-state index is -0.327. The van der Waals surface area contributed by atoms with Crippen LogP contribution < -0.4 is 10.7 Å². The van der Waals surface area contributed by atoms with Crippen molar-refractivity contribution in [2.24, 2.45) is 5.41 Å². The fraction of sp³-hybridized carbons (Fsp3) is 0.455. The van der Waals surface area contributed by atoms with Crippen LogP contribution in [0.4, 0.5) is 0 Å². The predicted molar refractivity (Wildman–Crippen MR) is 58.9 cm³/mol. The van der Waals surface area contributed by atoms with E-state index < -0.39 is 0 Å². The van der Waals surface area contributed by atoms with Crippen molar-refractivity contribution in [2.75, 3.05) is 6.54 Å². The lowest BCUT2D eigenvalue weighted by atomic mass is 9.97. The maximum Gasteiger partial charge on any atom is 0.256 e. The van der Waals surface area contributed by atoms with Crippen LogP contribution in [-0.4, -0.2) is 17.4 Å². The van der Waals surface area contributed by atoms with E-state index in [0.29, 0.717) is 6.54 Å². The van der Waals surface area contributed by atoms with E-state index in [4.69, 9.17) is 0 Å². The molecule has 0 atom stereocenters. The summed E-state index contributed by atoms with van der Waals surface area (Å²) in [6.45, 7) is 6.59. The van der Waals surface area contributed by atoms with E-state index in [2.05, 4.69) is 10.3 Å². The molecular formula is C11H16N2O2. The molecule has 82 valence electrons. The monoisotopic (exact) mass is 208 g/mol. The number of carbonyl (C=O) groups is 1. The maximum absolute atomic E-state index is 11.6. The molecular weight excluding hydrogens is 192 g/mol. The number of hydrogen-bond acceptors (Lipinski definition) is 2. The van der Waals surface area contributed by atoms with Crippen molar-refractivity contribution in [3.05, 3.63) is 34.2 Å². The van der Waals surface area contributed by atoms with Gasteiger partial charge in [-0.3, -0.25) is 9.59 Å². The molecule has 1 heterocycles. The Labute approximate surface area is 88.7 Å². The largest absolute Gasteiger partial charge is 0.367 e. The second kappa shape index (κ2) is 4.29. The lowest BCUT2D eigenvalue weighted by Crippen LogP contribution is -2.34. The second-order valence-corrected chi connectivity index (χ2v) is 4.67. The zero-order valence-electron chi connectivity index (χ0n) is 9.26. The standard InChI is InChI=1S/C11H16N2O2/c1-11(2,3)7-13-10(15)8-6-12-5-4-9(8)14/h4-6H,7H2,1-3H3,(H,12,14)(H,13,15). The number of hydrogen-bond donors (Lipinski definition) is 2. The van der Waals surface area contributed by atoms with E-state index in [0.717, 1.165) is 0 Å². The highest BCUT2D eigenvalue weighted by molar-refractivity contribution is 5.93. The maximum atomic E-state index is 11.6. The van der Waals surface area contributed by atoms with E-state index in [-0.39, 0.29) is 22.3 Å². The number of carbonyl (C=O) groups excluding carboxylic acids is 1. The van der Waals surface area contributed by atoms with Crippen LogP contribution in [0, 0.1) is 5.41 Å². The highest BCUT2D eigenvalue weighted by Crippen LogP contribution is 2.10. The molecule has 15 heavy (non-hydrogen) atoms. The fourth-order valence-electron chi connectivity index (χ4n) is 1.03. The molecule has 0 bridgehead atoms. The Bertz CT molecular complexity index is 402. The number of rotatable bonds is 2. The van der Waals surface area contributed by atoms with Crippen LogP contribution in [0.15, 0.2) is 23.3 Å². The average Bonchev–Trinajstić information content (AvgIpc) is 2.14. The van der Waals surface area contributed by atoms with Crippen molar-refractivity contribution < 1.29 is 4.79 Å². The predicted octanol–water partition coefficient (Wildman–Crippen LogP) is 1.15. The number of nitrogens with one attached hydrogen (secondary N) is 2. The van der Waals surface area contributed by atoms with Crippen molar-refractivity contribution in [1.29, 1.82) is 0 Å². The van der Waals surface area contributed by atoms with Gasteiger partial charge >= 0.3 is 0 Å². The van der Waals surface area contributed by atoms with Gasteiger partial charge in [-0.15, -0.1) is 0 Å². The summed E-state index contributed by atoms with van der Waals surface area (Å²) in [7, 11) is 0. The first-order valence-electron chi connectivity index (χ1n) is 4.85. The number of amides is 1. The highest BCUT2D eigenvalue weighted by Gasteiger charge is 2.14. The van der Waals surface area contributed by atoms with Gasteiger partial charge in [0, 0.05) is 25.0 Å². The van der Waals surface area contributed by atoms with Gasteiger partial charge < -0.3 is 10.3 Å². The molecule has 1 aromatic heterocycles. The Balaban J connectivity index is 2.71. The van der Waals surface area contributed by atoms with Crippen molar-refractivity contribution in [2.45, 2.75) is 20.8 Å². The zero-order chi connectivity index (χ0) is 11.5. The van der Waals surface area contributed by atoms with Crippen LogP contribution in [0.3, 0.4) is 0 Å². The summed E-state index contributed by atoms with van der Waals surface area (Å²) in [6, 6.07) is 1.34. The Kier molecular flexibility index (Phi) is 3.29. The molecule has 1 aromatic rings. The van der Waals surface area contributed by atoms with Gasteiger partial charge in [-0.05, 0) is 5.41 Å². The molecule has 1 rings (SSSR count). The number of aromatic amines is 1. The zero-order valence-corrected chi connectivity index (χ0v) is 9.26. The SMILES string of the molecule is CC(C)(C)CNC(=O)c1c[nH]ccc1=O. The quantitative estimate of drug-likeness (QED) is 0.765. The molecule has 0 aromatic carbocycles. The third-order valence-electron chi connectivity index (χ3n) is 1.85. The van der Waals surface area contributed by atoms with Gasteiger partial charge in [0.1, 0.15) is 5.56 Å². The lowest BCUT2D eigenvalue weighted by Gasteiger charge is -2.18. The first kappa shape index (κ1) is 11.5. The lowest BCUT2D eigenvalue weighted by molar-refractivity contribution is 0.0938. The van der Waals surface area contributed by atoms with E-state index in [1.54, 1.807) is 0 Å². The molecule has 0 saturated heterocycles. The second-order valence-electron chi connectivity index (χ2n) is 4.67. The molecule has 0 aliphatic carbocycles. The van der Waals surface area contributed by atoms with Gasteiger partial charge in [-0.1, -0.05) is 20.8 Å². The number of aromatic nitrogens is 1. The van der Waals surface area contributed by atoms with Gasteiger partial charge in [-0.2, -0.15) is 0 Å². The summed E-state index contributed by atoms with van der Waals surface area (Å²) in [5, 5.41) is 2.72. The molecule has 0 aliphatic rings. The molecule has 0 saturated carbocycles. The third kappa shape index (κ3) is 3.58. The number of pyridine rings is 1. The highest BCUT2D eigenvalue weighted by atomic mass is 16.2. The fourth-order valence-corrected chi connectivity index (χ4v) is 1.03. The Morgan fingerprint density at radius 1 is 1.47 bits per heavy atom. The molecule has 4 nitrogen and oxygen atoms in total. The van der Waals surface area contributed by atoms with E-state index in [9.17, 15) is 9.59 Å². The van der Waals surface area contributed by atoms with Gasteiger partial charge in [0.25, 0.3) is 5.91 Å². The summed E-state index contributed by atoms with van der Waals surface area (Å²) in [4.78, 5) is 25.6. The Morgan fingerprint density at radius 3 is 2.67 bits per heavy atom. The van der Waals surface area contributed by atoms with Crippen molar-refractivity contribution in [3.8, 4) is 0 Å². The van der Waals surface area contributed by atoms with Crippen LogP contribution in [-0.2, 0) is 0 Å². The van der Waals surface area contributed by atoms with Crippen molar-refractivity contribution in [3.63, 3.8) is 0 Å². The first-order valence-corrected chi connectivity index (χ1v) is 4.85. The topological polar surface area (TPSA) is 62.0 Å². The van der Waals surface area contributed by atoms with Gasteiger partial charge in [0.15, 0.2) is 5.43 Å². The van der Waals surface area contributed by atoms with E-state index >= 15 is 0 Å². The molecule has 0 spiro atoms. The van der Waals surface area contributed by atoms with Crippen molar-refractivity contribution in [1.82, 2.24) is 10.3 Å². The molecule has 0 radical (unpaired) electrons. The summed E-state index contributed by atoms with van der Waals surface area (Å²) in [5.74, 6) is -0.327. The minimum Gasteiger partial charge on any atom is -0.367 e. The smallest absolute Gasteiger partial charge is 0.256 e. The summed E-state index contributed by atoms with van der Waals surface area (Å²) in [5.41, 5.74) is -0.0982. The van der Waals surface area contributed by atoms with E-state index in [1.165, 1.54) is 18.5 Å². The normalized spacial score (nSPS) is 11.1. The molecule has 1 amide bonds. The third-order valence-corrected chi connectivity index (χ3v) is 1.85. The molecule has 0 aliphatic heterocycles. The number of H-pyrrole nitrogens is 1. The molecule has 4 heteroatoms. The van der Waals surface area contributed by atoms with Crippen LogP contribution in [0.25, 0.3) is 0 Å². The van der Waals surface area contributed by atoms with Crippen LogP contribution in [0.2, 0.25) is 0 Å². The Morgan fingerprint density at radius 2 is 2.13 bits per heavy atom. The first-order chi connectivity index (χ1) is 6.90. The summed E-state index contributed by atoms with van der Waals surface area (Å²) in [6.07, 6.45) is 2.92. The van der Waals surface area contributed by atoms with Crippen LogP contribution in [0.5, 0.6) is 0 Å². The molecule has 0 fully saturated rings. The van der Waals surface area contributed by atoms with Crippen LogP contribution in [0.1, 0.15) is 31.1 Å². The van der Waals surface area contributed by atoms with Gasteiger partial charge in [0.2, 0.25) is 0 Å². The summed E-state index contributed by atoms with van der Waals surface area (Å²) < 4.78 is 0. The van der Waals surface area contributed by atoms with Crippen molar-refractivity contribution >= 4 is 5.91 Å². The Hall–Kier alpha value is -1.58. The van der Waals surface area contributed by atoms with E-state index in [1.807, 2.05) is 20.8 Å². The average molecular weight is 208 g/mol. The van der Waals surface area contributed by atoms with Gasteiger partial charge in [-0.25, -0.2) is 0 Å². The van der Waals surface area contributed by atoms with Crippen LogP contribution >= 0.6 is 0 Å². The summed E-state index contributed by atoms with van der Waals surface area (Å²) >= 11 is 0. The molecule has 0 unspecified atom stereocenters. The van der Waals surface area contributed by atoms with Gasteiger partial charge in [0.05, 0.1) is 0 Å². The molecule has 2 N–H and O–H groups in total. The minimum absolute atomic E-state index is 0.0111.